The summed E-state index contributed by atoms with van der Waals surface area (Å²) in [6, 6.07) is 0. The van der Waals surface area contributed by atoms with Gasteiger partial charge in [-0.05, 0) is 24.7 Å². The van der Waals surface area contributed by atoms with Crippen molar-refractivity contribution in [2.45, 2.75) is 39.2 Å². The van der Waals surface area contributed by atoms with Gasteiger partial charge in [-0.1, -0.05) is 25.4 Å². The number of aromatic amines is 1. The third kappa shape index (κ3) is 3.09. The summed E-state index contributed by atoms with van der Waals surface area (Å²) in [4.78, 5) is 26.8. The standard InChI is InChI=1S/C13H19ClN2O3/c1-8(2)10-11(14)15-13(18)16(12(10)17)7-9-3-5-19-6-4-9/h8-9H,3-7H2,1-2H3,(H,15,18). The molecule has 0 bridgehead atoms. The van der Waals surface area contributed by atoms with Crippen molar-refractivity contribution >= 4 is 11.6 Å². The highest BCUT2D eigenvalue weighted by Gasteiger charge is 2.20. The normalized spacial score (nSPS) is 17.1. The molecule has 2 heterocycles. The van der Waals surface area contributed by atoms with Gasteiger partial charge in [0.05, 0.1) is 5.56 Å². The predicted molar refractivity (Wildman–Crippen MR) is 74.0 cm³/mol. The second-order valence-corrected chi connectivity index (χ2v) is 5.66. The molecule has 6 heteroatoms. The Morgan fingerprint density at radius 2 is 2.00 bits per heavy atom. The number of aromatic nitrogens is 2. The Bertz CT molecular complexity index is 556. The van der Waals surface area contributed by atoms with Gasteiger partial charge in [0, 0.05) is 19.8 Å². The number of halogens is 1. The highest BCUT2D eigenvalue weighted by atomic mass is 35.5. The van der Waals surface area contributed by atoms with E-state index in [1.54, 1.807) is 0 Å². The van der Waals surface area contributed by atoms with Crippen molar-refractivity contribution in [2.24, 2.45) is 5.92 Å². The maximum absolute atomic E-state index is 12.4. The average molecular weight is 287 g/mol. The van der Waals surface area contributed by atoms with E-state index < -0.39 is 5.69 Å². The molecule has 1 aromatic heterocycles. The Morgan fingerprint density at radius 1 is 1.37 bits per heavy atom. The number of nitrogens with one attached hydrogen (secondary N) is 1. The van der Waals surface area contributed by atoms with Crippen LogP contribution >= 0.6 is 11.6 Å². The van der Waals surface area contributed by atoms with Crippen LogP contribution in [0.15, 0.2) is 9.59 Å². The smallest absolute Gasteiger partial charge is 0.329 e. The first-order chi connectivity index (χ1) is 9.00. The summed E-state index contributed by atoms with van der Waals surface area (Å²) in [6.45, 7) is 5.61. The molecule has 2 rings (SSSR count). The molecule has 0 radical (unpaired) electrons. The Morgan fingerprint density at radius 3 is 2.58 bits per heavy atom. The molecule has 1 aliphatic rings. The van der Waals surface area contributed by atoms with E-state index in [1.165, 1.54) is 4.57 Å². The van der Waals surface area contributed by atoms with Gasteiger partial charge >= 0.3 is 5.69 Å². The van der Waals surface area contributed by atoms with Crippen molar-refractivity contribution in [1.29, 1.82) is 0 Å². The van der Waals surface area contributed by atoms with Gasteiger partial charge in [-0.3, -0.25) is 14.3 Å². The summed E-state index contributed by atoms with van der Waals surface area (Å²) in [7, 11) is 0. The lowest BCUT2D eigenvalue weighted by Crippen LogP contribution is -2.40. The largest absolute Gasteiger partial charge is 0.381 e. The number of rotatable bonds is 3. The van der Waals surface area contributed by atoms with E-state index in [9.17, 15) is 9.59 Å². The van der Waals surface area contributed by atoms with E-state index in [1.807, 2.05) is 13.8 Å². The van der Waals surface area contributed by atoms with Crippen molar-refractivity contribution < 1.29 is 4.74 Å². The zero-order valence-electron chi connectivity index (χ0n) is 11.2. The van der Waals surface area contributed by atoms with Crippen LogP contribution in [0.25, 0.3) is 0 Å². The fraction of sp³-hybridized carbons (Fsp3) is 0.692. The van der Waals surface area contributed by atoms with Crippen LogP contribution in [0.1, 0.15) is 38.2 Å². The van der Waals surface area contributed by atoms with Crippen LogP contribution in [0, 0.1) is 5.92 Å². The SMILES string of the molecule is CC(C)c1c(Cl)[nH]c(=O)n(CC2CCOCC2)c1=O. The lowest BCUT2D eigenvalue weighted by molar-refractivity contribution is 0.0605. The van der Waals surface area contributed by atoms with Gasteiger partial charge < -0.3 is 4.74 Å². The second kappa shape index (κ2) is 5.92. The number of ether oxygens (including phenoxy) is 1. The van der Waals surface area contributed by atoms with E-state index in [2.05, 4.69) is 4.98 Å². The third-order valence-electron chi connectivity index (χ3n) is 3.53. The Kier molecular flexibility index (Phi) is 4.47. The molecule has 1 saturated heterocycles. The number of hydrogen-bond donors (Lipinski definition) is 1. The van der Waals surface area contributed by atoms with Gasteiger partial charge in [-0.2, -0.15) is 0 Å². The van der Waals surface area contributed by atoms with Crippen LogP contribution in [0.2, 0.25) is 5.15 Å². The minimum atomic E-state index is -0.425. The maximum Gasteiger partial charge on any atom is 0.329 e. The van der Waals surface area contributed by atoms with Crippen molar-refractivity contribution in [3.05, 3.63) is 31.6 Å². The van der Waals surface area contributed by atoms with Crippen molar-refractivity contribution in [3.8, 4) is 0 Å². The summed E-state index contributed by atoms with van der Waals surface area (Å²) >= 11 is 5.96. The molecular weight excluding hydrogens is 268 g/mol. The molecule has 5 nitrogen and oxygen atoms in total. The topological polar surface area (TPSA) is 64.1 Å². The highest BCUT2D eigenvalue weighted by molar-refractivity contribution is 6.30. The average Bonchev–Trinajstić information content (AvgIpc) is 2.35. The van der Waals surface area contributed by atoms with E-state index in [-0.39, 0.29) is 16.6 Å². The molecule has 0 spiro atoms. The molecule has 1 aliphatic heterocycles. The van der Waals surface area contributed by atoms with Crippen LogP contribution in [0.3, 0.4) is 0 Å². The van der Waals surface area contributed by atoms with Crippen LogP contribution in [0.4, 0.5) is 0 Å². The zero-order valence-corrected chi connectivity index (χ0v) is 12.0. The summed E-state index contributed by atoms with van der Waals surface area (Å²) in [6.07, 6.45) is 1.76. The van der Waals surface area contributed by atoms with Gasteiger partial charge in [-0.15, -0.1) is 0 Å². The monoisotopic (exact) mass is 286 g/mol. The zero-order chi connectivity index (χ0) is 14.0. The van der Waals surface area contributed by atoms with Crippen molar-refractivity contribution in [3.63, 3.8) is 0 Å². The summed E-state index contributed by atoms with van der Waals surface area (Å²) in [5.41, 5.74) is -0.213. The first kappa shape index (κ1) is 14.3. The number of H-pyrrole nitrogens is 1. The lowest BCUT2D eigenvalue weighted by Gasteiger charge is -2.22. The quantitative estimate of drug-likeness (QED) is 0.861. The molecule has 1 N–H and O–H groups in total. The molecular formula is C13H19ClN2O3. The van der Waals surface area contributed by atoms with Crippen LogP contribution in [-0.2, 0) is 11.3 Å². The fourth-order valence-corrected chi connectivity index (χ4v) is 2.79. The maximum atomic E-state index is 12.4. The van der Waals surface area contributed by atoms with Crippen molar-refractivity contribution in [2.75, 3.05) is 13.2 Å². The molecule has 106 valence electrons. The van der Waals surface area contributed by atoms with E-state index in [0.29, 0.717) is 31.2 Å². The third-order valence-corrected chi connectivity index (χ3v) is 3.83. The molecule has 0 aromatic carbocycles. The van der Waals surface area contributed by atoms with Gasteiger partial charge in [-0.25, -0.2) is 4.79 Å². The predicted octanol–water partition coefficient (Wildman–Crippen LogP) is 1.74. The van der Waals surface area contributed by atoms with Crippen LogP contribution in [-0.4, -0.2) is 22.8 Å². The van der Waals surface area contributed by atoms with Gasteiger partial charge in [0.1, 0.15) is 5.15 Å². The lowest BCUT2D eigenvalue weighted by atomic mass is 10.00. The molecule has 0 unspecified atom stereocenters. The first-order valence-electron chi connectivity index (χ1n) is 6.61. The van der Waals surface area contributed by atoms with E-state index >= 15 is 0 Å². The molecule has 0 saturated carbocycles. The first-order valence-corrected chi connectivity index (χ1v) is 6.98. The highest BCUT2D eigenvalue weighted by Crippen LogP contribution is 2.18. The minimum absolute atomic E-state index is 0.0159. The van der Waals surface area contributed by atoms with E-state index in [0.717, 1.165) is 12.8 Å². The Balaban J connectivity index is 2.37. The molecule has 0 amide bonds. The van der Waals surface area contributed by atoms with Gasteiger partial charge in [0.25, 0.3) is 5.56 Å². The Hall–Kier alpha value is -1.07. The minimum Gasteiger partial charge on any atom is -0.381 e. The molecule has 0 atom stereocenters. The van der Waals surface area contributed by atoms with Crippen LogP contribution in [0.5, 0.6) is 0 Å². The van der Waals surface area contributed by atoms with Gasteiger partial charge in [0.2, 0.25) is 0 Å². The number of nitrogens with zero attached hydrogens (tertiary/aromatic N) is 1. The Labute approximate surface area is 116 Å². The van der Waals surface area contributed by atoms with Crippen LogP contribution < -0.4 is 11.2 Å². The summed E-state index contributed by atoms with van der Waals surface area (Å²) in [5, 5.41) is 0.160. The van der Waals surface area contributed by atoms with E-state index in [4.69, 9.17) is 16.3 Å². The molecule has 1 fully saturated rings. The molecule has 1 aromatic rings. The number of hydrogen-bond acceptors (Lipinski definition) is 3. The van der Waals surface area contributed by atoms with Gasteiger partial charge in [0.15, 0.2) is 0 Å². The summed E-state index contributed by atoms with van der Waals surface area (Å²) in [5.74, 6) is 0.298. The van der Waals surface area contributed by atoms with Crippen molar-refractivity contribution in [1.82, 2.24) is 9.55 Å². The molecule has 0 aliphatic carbocycles. The summed E-state index contributed by atoms with van der Waals surface area (Å²) < 4.78 is 6.56. The second-order valence-electron chi connectivity index (χ2n) is 5.28. The fourth-order valence-electron chi connectivity index (χ4n) is 2.41. The molecule has 19 heavy (non-hydrogen) atoms.